The molecule has 0 bridgehead atoms. The molecule has 4 rings (SSSR count). The maximum Gasteiger partial charge on any atom is 0.415 e. The summed E-state index contributed by atoms with van der Waals surface area (Å²) in [5.41, 5.74) is -2.19. The number of esters is 2. The molecule has 13 nitrogen and oxygen atoms in total. The molecule has 1 amide bonds. The van der Waals surface area contributed by atoms with Crippen LogP contribution in [0, 0.1) is 12.3 Å². The second-order valence-electron chi connectivity index (χ2n) is 12.8. The summed E-state index contributed by atoms with van der Waals surface area (Å²) in [4.78, 5) is 54.0. The molecule has 0 aliphatic carbocycles. The van der Waals surface area contributed by atoms with E-state index in [2.05, 4.69) is 5.32 Å². The van der Waals surface area contributed by atoms with Gasteiger partial charge in [-0.2, -0.15) is 0 Å². The number of morpholine rings is 1. The molecular weight excluding hydrogens is 630 g/mol. The maximum atomic E-state index is 14.5. The van der Waals surface area contributed by atoms with Crippen molar-refractivity contribution in [1.29, 1.82) is 0 Å². The maximum absolute atomic E-state index is 14.5. The number of sulfonamides is 1. The molecule has 0 spiro atoms. The molecule has 0 aromatic heterocycles. The first kappa shape index (κ1) is 35.8. The molecule has 2 saturated heterocycles. The monoisotopic (exact) mass is 673 g/mol. The van der Waals surface area contributed by atoms with Gasteiger partial charge in [0.2, 0.25) is 6.79 Å². The largest absolute Gasteiger partial charge is 0.427 e. The van der Waals surface area contributed by atoms with Crippen LogP contribution in [0.4, 0.5) is 10.5 Å². The summed E-state index contributed by atoms with van der Waals surface area (Å²) < 4.78 is 51.1. The number of rotatable bonds is 11. The number of anilines is 1. The molecule has 14 heteroatoms. The molecule has 256 valence electrons. The van der Waals surface area contributed by atoms with Gasteiger partial charge in [0.05, 0.1) is 35.3 Å². The lowest BCUT2D eigenvalue weighted by atomic mass is 9.91. The molecule has 0 saturated carbocycles. The average Bonchev–Trinajstić information content (AvgIpc) is 3.57. The predicted octanol–water partition coefficient (Wildman–Crippen LogP) is 3.58. The number of ketones is 1. The lowest BCUT2D eigenvalue weighted by Gasteiger charge is -2.39. The third kappa shape index (κ3) is 8.67. The smallest absolute Gasteiger partial charge is 0.415 e. The minimum Gasteiger partial charge on any atom is -0.427 e. The van der Waals surface area contributed by atoms with Crippen LogP contribution in [0.25, 0.3) is 0 Å². The number of ether oxygens (including phenoxy) is 4. The van der Waals surface area contributed by atoms with E-state index in [-0.39, 0.29) is 22.1 Å². The summed E-state index contributed by atoms with van der Waals surface area (Å²) in [7, 11) is -4.54. The lowest BCUT2D eigenvalue weighted by Crippen LogP contribution is -2.58. The van der Waals surface area contributed by atoms with E-state index in [9.17, 15) is 27.6 Å². The molecule has 0 unspecified atom stereocenters. The van der Waals surface area contributed by atoms with Gasteiger partial charge in [0.1, 0.15) is 5.75 Å². The molecule has 2 heterocycles. The van der Waals surface area contributed by atoms with E-state index in [4.69, 9.17) is 18.9 Å². The average molecular weight is 674 g/mol. The van der Waals surface area contributed by atoms with E-state index < -0.39 is 58.3 Å². The van der Waals surface area contributed by atoms with Gasteiger partial charge >= 0.3 is 18.0 Å². The van der Waals surface area contributed by atoms with Gasteiger partial charge in [-0.15, -0.1) is 0 Å². The molecule has 1 N–H and O–H groups in total. The van der Waals surface area contributed by atoms with Crippen molar-refractivity contribution in [3.63, 3.8) is 0 Å². The Morgan fingerprint density at radius 2 is 1.55 bits per heavy atom. The van der Waals surface area contributed by atoms with E-state index >= 15 is 0 Å². The standard InChI is InChI=1S/C33H43N3O10S/c1-23-8-14-26(15-9-23)47(41,42)36(24-10-12-25(13-11-24)46-31(40)35-17-19-43-20-18-35)33(5,21-28(37)27-7-6-16-34-27)30(39)45-22-44-29(38)32(2,3)4/h8-15,27,34H,6-7,16-22H2,1-5H3/t27-,33-/m0/s1. The summed E-state index contributed by atoms with van der Waals surface area (Å²) in [5, 5.41) is 3.10. The fourth-order valence-electron chi connectivity index (χ4n) is 5.22. The summed E-state index contributed by atoms with van der Waals surface area (Å²) in [6, 6.07) is 11.1. The highest BCUT2D eigenvalue weighted by atomic mass is 32.2. The first-order valence-electron chi connectivity index (χ1n) is 15.5. The van der Waals surface area contributed by atoms with E-state index in [0.717, 1.165) is 16.3 Å². The number of hydrogen-bond donors (Lipinski definition) is 1. The number of nitrogens with zero attached hydrogens (tertiary/aromatic N) is 2. The van der Waals surface area contributed by atoms with Crippen LogP contribution in [0.15, 0.2) is 53.4 Å². The van der Waals surface area contributed by atoms with E-state index in [1.807, 2.05) is 0 Å². The quantitative estimate of drug-likeness (QED) is 0.275. The van der Waals surface area contributed by atoms with Crippen molar-refractivity contribution >= 4 is 39.5 Å². The Hall–Kier alpha value is -4.01. The van der Waals surface area contributed by atoms with Gasteiger partial charge in [0, 0.05) is 19.5 Å². The van der Waals surface area contributed by atoms with E-state index in [0.29, 0.717) is 39.3 Å². The van der Waals surface area contributed by atoms with Gasteiger partial charge in [-0.25, -0.2) is 22.3 Å². The number of aryl methyl sites for hydroxylation is 1. The van der Waals surface area contributed by atoms with Crippen molar-refractivity contribution in [3.05, 3.63) is 54.1 Å². The second kappa shape index (κ2) is 14.8. The van der Waals surface area contributed by atoms with Gasteiger partial charge < -0.3 is 29.2 Å². The number of nitrogens with one attached hydrogen (secondary N) is 1. The topological polar surface area (TPSA) is 158 Å². The third-order valence-corrected chi connectivity index (χ3v) is 9.92. The highest BCUT2D eigenvalue weighted by molar-refractivity contribution is 7.93. The minimum atomic E-state index is -4.54. The Morgan fingerprint density at radius 1 is 0.936 bits per heavy atom. The molecule has 47 heavy (non-hydrogen) atoms. The molecule has 2 aliphatic heterocycles. The zero-order valence-electron chi connectivity index (χ0n) is 27.4. The highest BCUT2D eigenvalue weighted by Crippen LogP contribution is 2.37. The molecule has 2 fully saturated rings. The first-order chi connectivity index (χ1) is 22.1. The molecule has 2 aromatic carbocycles. The Balaban J connectivity index is 1.74. The molecule has 2 atom stereocenters. The first-order valence-corrected chi connectivity index (χ1v) is 16.9. The van der Waals surface area contributed by atoms with Crippen LogP contribution in [0.2, 0.25) is 0 Å². The van der Waals surface area contributed by atoms with Crippen molar-refractivity contribution in [3.8, 4) is 5.75 Å². The van der Waals surface area contributed by atoms with Crippen LogP contribution in [-0.4, -0.2) is 88.4 Å². The number of hydrogen-bond acceptors (Lipinski definition) is 11. The number of Topliss-reactive ketones (excluding diaryl/α,β-unsaturated/α-hetero) is 1. The van der Waals surface area contributed by atoms with E-state index in [1.54, 1.807) is 39.8 Å². The fourth-order valence-corrected chi connectivity index (χ4v) is 6.98. The summed E-state index contributed by atoms with van der Waals surface area (Å²) >= 11 is 0. The number of carbonyl (C=O) groups is 4. The Bertz CT molecular complexity index is 1540. The second-order valence-corrected chi connectivity index (χ2v) is 14.6. The van der Waals surface area contributed by atoms with Gasteiger partial charge in [0.25, 0.3) is 10.0 Å². The fraction of sp³-hybridized carbons (Fsp3) is 0.515. The number of benzene rings is 2. The van der Waals surface area contributed by atoms with Gasteiger partial charge in [0.15, 0.2) is 11.3 Å². The summed E-state index contributed by atoms with van der Waals surface area (Å²) in [5.74, 6) is -1.97. The van der Waals surface area contributed by atoms with Crippen molar-refractivity contribution in [2.24, 2.45) is 5.41 Å². The normalized spacial score (nSPS) is 18.1. The van der Waals surface area contributed by atoms with Crippen LogP contribution >= 0.6 is 0 Å². The van der Waals surface area contributed by atoms with Crippen molar-refractivity contribution in [2.75, 3.05) is 43.9 Å². The van der Waals surface area contributed by atoms with Crippen LogP contribution in [-0.2, 0) is 38.6 Å². The zero-order valence-corrected chi connectivity index (χ0v) is 28.3. The van der Waals surface area contributed by atoms with Crippen LogP contribution in [0.5, 0.6) is 5.75 Å². The Kier molecular flexibility index (Phi) is 11.3. The van der Waals surface area contributed by atoms with Gasteiger partial charge in [-0.1, -0.05) is 17.7 Å². The van der Waals surface area contributed by atoms with Crippen molar-refractivity contribution in [2.45, 2.75) is 70.4 Å². The van der Waals surface area contributed by atoms with Crippen molar-refractivity contribution in [1.82, 2.24) is 10.2 Å². The van der Waals surface area contributed by atoms with Crippen LogP contribution < -0.4 is 14.4 Å². The Labute approximate surface area is 275 Å². The SMILES string of the molecule is Cc1ccc(S(=O)(=O)N(c2ccc(OC(=O)N3CCOCC3)cc2)[C@@](C)(CC(=O)[C@@H]2CCCN2)C(=O)OCOC(=O)C(C)(C)C)cc1. The van der Waals surface area contributed by atoms with E-state index in [1.165, 1.54) is 48.2 Å². The molecular formula is C33H43N3O10S. The lowest BCUT2D eigenvalue weighted by molar-refractivity contribution is -0.176. The zero-order chi connectivity index (χ0) is 34.4. The third-order valence-electron chi connectivity index (χ3n) is 7.95. The minimum absolute atomic E-state index is 0.00932. The summed E-state index contributed by atoms with van der Waals surface area (Å²) in [6.45, 7) is 9.35. The molecule has 2 aromatic rings. The number of carbonyl (C=O) groups excluding carboxylic acids is 4. The Morgan fingerprint density at radius 3 is 2.13 bits per heavy atom. The highest BCUT2D eigenvalue weighted by Gasteiger charge is 2.50. The number of amides is 1. The summed E-state index contributed by atoms with van der Waals surface area (Å²) in [6.07, 6.45) is 0.144. The predicted molar refractivity (Wildman–Crippen MR) is 171 cm³/mol. The van der Waals surface area contributed by atoms with Crippen LogP contribution in [0.3, 0.4) is 0 Å². The molecule has 2 aliphatic rings. The van der Waals surface area contributed by atoms with Crippen molar-refractivity contribution < 1.29 is 46.5 Å². The van der Waals surface area contributed by atoms with Gasteiger partial charge in [-0.3, -0.25) is 9.59 Å². The molecule has 0 radical (unpaired) electrons. The van der Waals surface area contributed by atoms with Crippen LogP contribution in [0.1, 0.15) is 52.5 Å². The van der Waals surface area contributed by atoms with Gasteiger partial charge in [-0.05, 0) is 90.4 Å².